The number of unbranched alkanes of at least 4 members (excludes halogenated alkanes) is 2. The molecule has 0 fully saturated rings. The predicted molar refractivity (Wildman–Crippen MR) is 47.4 cm³/mol. The van der Waals surface area contributed by atoms with E-state index >= 15 is 0 Å². The molecule has 0 aromatic rings. The van der Waals surface area contributed by atoms with Gasteiger partial charge in [0.05, 0.1) is 0 Å². The maximum atomic E-state index is 4.84. The zero-order chi connectivity index (χ0) is 8.24. The molecule has 0 rings (SSSR count). The maximum absolute atomic E-state index is 4.84. The van der Waals surface area contributed by atoms with Crippen LogP contribution < -0.4 is 0 Å². The average Bonchev–Trinajstić information content (AvgIpc) is 1.91. The molecule has 0 bridgehead atoms. The van der Waals surface area contributed by atoms with Crippen molar-refractivity contribution < 1.29 is 4.74 Å². The van der Waals surface area contributed by atoms with Crippen molar-refractivity contribution in [2.75, 3.05) is 13.7 Å². The monoisotopic (exact) mass is 146 g/mol. The summed E-state index contributed by atoms with van der Waals surface area (Å²) in [6.07, 6.45) is 5.05. The van der Waals surface area contributed by atoms with E-state index in [0.717, 1.165) is 6.61 Å². The number of ether oxygens (including phenoxy) is 1. The lowest BCUT2D eigenvalue weighted by Gasteiger charge is -1.92. The van der Waals surface area contributed by atoms with Gasteiger partial charge in [-0.2, -0.15) is 0 Å². The van der Waals surface area contributed by atoms with Gasteiger partial charge in [0.25, 0.3) is 0 Å². The van der Waals surface area contributed by atoms with Gasteiger partial charge in [-0.05, 0) is 6.42 Å². The third kappa shape index (κ3) is 24.6. The van der Waals surface area contributed by atoms with E-state index in [1.54, 1.807) is 7.11 Å². The Kier molecular flexibility index (Phi) is 20.2. The number of hydrogen-bond donors (Lipinski definition) is 0. The van der Waals surface area contributed by atoms with Gasteiger partial charge in [0.2, 0.25) is 0 Å². The lowest BCUT2D eigenvalue weighted by Crippen LogP contribution is -1.85. The van der Waals surface area contributed by atoms with Crippen LogP contribution in [0.1, 0.15) is 46.5 Å². The highest BCUT2D eigenvalue weighted by Crippen LogP contribution is 1.91. The maximum Gasteiger partial charge on any atom is 0.0462 e. The van der Waals surface area contributed by atoms with Crippen molar-refractivity contribution in [3.63, 3.8) is 0 Å². The van der Waals surface area contributed by atoms with E-state index in [1.165, 1.54) is 25.7 Å². The fraction of sp³-hybridized carbons (Fsp3) is 1.00. The van der Waals surface area contributed by atoms with Crippen LogP contribution in [-0.4, -0.2) is 13.7 Å². The van der Waals surface area contributed by atoms with Crippen molar-refractivity contribution in [2.45, 2.75) is 46.5 Å². The predicted octanol–water partition coefficient (Wildman–Crippen LogP) is 3.24. The fourth-order valence-electron chi connectivity index (χ4n) is 0.496. The van der Waals surface area contributed by atoms with Crippen LogP contribution in [0.15, 0.2) is 0 Å². The van der Waals surface area contributed by atoms with Gasteiger partial charge in [-0.15, -0.1) is 0 Å². The molecule has 1 nitrogen and oxygen atoms in total. The second-order valence-electron chi connectivity index (χ2n) is 2.41. The van der Waals surface area contributed by atoms with Gasteiger partial charge in [0.1, 0.15) is 0 Å². The summed E-state index contributed by atoms with van der Waals surface area (Å²) >= 11 is 0. The topological polar surface area (TPSA) is 9.23 Å². The van der Waals surface area contributed by atoms with E-state index in [2.05, 4.69) is 20.8 Å². The number of rotatable bonds is 4. The lowest BCUT2D eigenvalue weighted by atomic mass is 10.3. The van der Waals surface area contributed by atoms with Crippen molar-refractivity contribution in [3.8, 4) is 0 Å². The first-order valence-corrected chi connectivity index (χ1v) is 4.32. The lowest BCUT2D eigenvalue weighted by molar-refractivity contribution is 0.192. The molecule has 0 unspecified atom stereocenters. The SMILES string of the molecule is CCC.CCCCCOC. The van der Waals surface area contributed by atoms with E-state index in [9.17, 15) is 0 Å². The van der Waals surface area contributed by atoms with Crippen LogP contribution in [0.4, 0.5) is 0 Å². The highest BCUT2D eigenvalue weighted by atomic mass is 16.5. The molecule has 1 heteroatoms. The summed E-state index contributed by atoms with van der Waals surface area (Å²) in [5.74, 6) is 0. The molecule has 0 spiro atoms. The third-order valence-corrected chi connectivity index (χ3v) is 0.952. The molecular formula is C9H22O. The normalized spacial score (nSPS) is 8.40. The van der Waals surface area contributed by atoms with Crippen LogP contribution in [0.2, 0.25) is 0 Å². The first-order chi connectivity index (χ1) is 4.83. The second kappa shape index (κ2) is 16.0. The van der Waals surface area contributed by atoms with Gasteiger partial charge in [-0.1, -0.05) is 40.0 Å². The molecule has 0 aromatic carbocycles. The quantitative estimate of drug-likeness (QED) is 0.553. The van der Waals surface area contributed by atoms with Gasteiger partial charge < -0.3 is 4.74 Å². The van der Waals surface area contributed by atoms with Gasteiger partial charge >= 0.3 is 0 Å². The molecule has 0 radical (unpaired) electrons. The molecule has 0 aliphatic heterocycles. The molecule has 0 atom stereocenters. The Morgan fingerprint density at radius 3 is 1.80 bits per heavy atom. The summed E-state index contributed by atoms with van der Waals surface area (Å²) in [4.78, 5) is 0. The smallest absolute Gasteiger partial charge is 0.0462 e. The first kappa shape index (κ1) is 12.6. The van der Waals surface area contributed by atoms with E-state index in [1.807, 2.05) is 0 Å². The molecule has 0 N–H and O–H groups in total. The van der Waals surface area contributed by atoms with Gasteiger partial charge in [0.15, 0.2) is 0 Å². The van der Waals surface area contributed by atoms with Crippen molar-refractivity contribution in [1.82, 2.24) is 0 Å². The summed E-state index contributed by atoms with van der Waals surface area (Å²) in [6, 6.07) is 0. The Morgan fingerprint density at radius 1 is 1.00 bits per heavy atom. The van der Waals surface area contributed by atoms with Crippen molar-refractivity contribution in [2.24, 2.45) is 0 Å². The molecule has 10 heavy (non-hydrogen) atoms. The van der Waals surface area contributed by atoms with Crippen LogP contribution in [0.3, 0.4) is 0 Å². The molecule has 0 aliphatic rings. The van der Waals surface area contributed by atoms with E-state index in [-0.39, 0.29) is 0 Å². The Morgan fingerprint density at radius 2 is 1.50 bits per heavy atom. The van der Waals surface area contributed by atoms with Crippen molar-refractivity contribution in [1.29, 1.82) is 0 Å². The van der Waals surface area contributed by atoms with E-state index in [0.29, 0.717) is 0 Å². The zero-order valence-electron chi connectivity index (χ0n) is 7.94. The molecule has 0 heterocycles. The Balaban J connectivity index is 0. The standard InChI is InChI=1S/C6H14O.C3H8/c1-3-4-5-6-7-2;1-3-2/h3-6H2,1-2H3;3H2,1-2H3. The number of methoxy groups -OCH3 is 1. The molecule has 0 aromatic heterocycles. The van der Waals surface area contributed by atoms with Crippen molar-refractivity contribution >= 4 is 0 Å². The van der Waals surface area contributed by atoms with Crippen LogP contribution in [0, 0.1) is 0 Å². The Hall–Kier alpha value is -0.0400. The third-order valence-electron chi connectivity index (χ3n) is 0.952. The first-order valence-electron chi connectivity index (χ1n) is 4.32. The molecular weight excluding hydrogens is 124 g/mol. The van der Waals surface area contributed by atoms with Crippen molar-refractivity contribution in [3.05, 3.63) is 0 Å². The van der Waals surface area contributed by atoms with Gasteiger partial charge in [-0.3, -0.25) is 0 Å². The molecule has 0 aliphatic carbocycles. The molecule has 0 amide bonds. The van der Waals surface area contributed by atoms with Gasteiger partial charge in [0, 0.05) is 13.7 Å². The summed E-state index contributed by atoms with van der Waals surface area (Å²) < 4.78 is 4.84. The molecule has 0 saturated carbocycles. The number of hydrogen-bond acceptors (Lipinski definition) is 1. The summed E-state index contributed by atoms with van der Waals surface area (Å²) in [6.45, 7) is 7.36. The Bertz CT molecular complexity index is 31.7. The van der Waals surface area contributed by atoms with Crippen LogP contribution in [0.25, 0.3) is 0 Å². The zero-order valence-corrected chi connectivity index (χ0v) is 7.94. The average molecular weight is 146 g/mol. The van der Waals surface area contributed by atoms with Gasteiger partial charge in [-0.25, -0.2) is 0 Å². The highest BCUT2D eigenvalue weighted by molar-refractivity contribution is 4.32. The minimum absolute atomic E-state index is 0.924. The van der Waals surface area contributed by atoms with Crippen LogP contribution >= 0.6 is 0 Å². The summed E-state index contributed by atoms with van der Waals surface area (Å²) in [5, 5.41) is 0. The summed E-state index contributed by atoms with van der Waals surface area (Å²) in [5.41, 5.74) is 0. The van der Waals surface area contributed by atoms with E-state index < -0.39 is 0 Å². The molecule has 64 valence electrons. The fourth-order valence-corrected chi connectivity index (χ4v) is 0.496. The highest BCUT2D eigenvalue weighted by Gasteiger charge is 1.79. The summed E-state index contributed by atoms with van der Waals surface area (Å²) in [7, 11) is 1.75. The Labute approximate surface area is 65.8 Å². The van der Waals surface area contributed by atoms with E-state index in [4.69, 9.17) is 4.74 Å². The van der Waals surface area contributed by atoms with Crippen LogP contribution in [0.5, 0.6) is 0 Å². The minimum Gasteiger partial charge on any atom is -0.385 e. The largest absolute Gasteiger partial charge is 0.385 e. The molecule has 0 saturated heterocycles. The minimum atomic E-state index is 0.924. The van der Waals surface area contributed by atoms with Crippen LogP contribution in [-0.2, 0) is 4.74 Å². The second-order valence-corrected chi connectivity index (χ2v) is 2.41.